The van der Waals surface area contributed by atoms with Crippen molar-refractivity contribution in [2.24, 2.45) is 0 Å². The molecule has 0 radical (unpaired) electrons. The van der Waals surface area contributed by atoms with Gasteiger partial charge in [-0.05, 0) is 30.3 Å². The number of carbonyl (C=O) groups excluding carboxylic acids is 2. The highest BCUT2D eigenvalue weighted by atomic mass is 35.5. The van der Waals surface area contributed by atoms with Gasteiger partial charge in [-0.3, -0.25) is 9.59 Å². The van der Waals surface area contributed by atoms with Gasteiger partial charge in [0.15, 0.2) is 0 Å². The predicted octanol–water partition coefficient (Wildman–Crippen LogP) is 2.39. The van der Waals surface area contributed by atoms with Crippen LogP contribution in [0.2, 0.25) is 5.02 Å². The lowest BCUT2D eigenvalue weighted by molar-refractivity contribution is 0.0961. The molecule has 0 unspecified atom stereocenters. The average Bonchev–Trinajstić information content (AvgIpc) is 2.55. The molecule has 114 valence electrons. The second-order valence-electron chi connectivity index (χ2n) is 4.41. The molecule has 2 amide bonds. The lowest BCUT2D eigenvalue weighted by atomic mass is 10.1. The molecule has 0 aliphatic carbocycles. The Morgan fingerprint density at radius 3 is 2.55 bits per heavy atom. The molecule has 2 rings (SSSR count). The van der Waals surface area contributed by atoms with Crippen LogP contribution in [0.15, 0.2) is 36.5 Å². The largest absolute Gasteiger partial charge is 0.373 e. The summed E-state index contributed by atoms with van der Waals surface area (Å²) in [5.74, 6) is -0.0265. The molecule has 0 aliphatic rings. The molecule has 3 N–H and O–H groups in total. The Morgan fingerprint density at radius 2 is 1.86 bits per heavy atom. The van der Waals surface area contributed by atoms with E-state index in [9.17, 15) is 9.59 Å². The fourth-order valence-corrected chi connectivity index (χ4v) is 2.03. The second-order valence-corrected chi connectivity index (χ2v) is 4.81. The Labute approximate surface area is 132 Å². The van der Waals surface area contributed by atoms with Crippen LogP contribution >= 0.6 is 11.6 Å². The maximum absolute atomic E-state index is 12.2. The quantitative estimate of drug-likeness (QED) is 0.808. The molecule has 1 aromatic carbocycles. The van der Waals surface area contributed by atoms with Crippen LogP contribution in [0.5, 0.6) is 0 Å². The van der Waals surface area contributed by atoms with Crippen molar-refractivity contribution >= 4 is 34.9 Å². The molecule has 7 heteroatoms. The van der Waals surface area contributed by atoms with Crippen LogP contribution in [0.25, 0.3) is 0 Å². The summed E-state index contributed by atoms with van der Waals surface area (Å²) in [6.07, 6.45) is 1.54. The first-order chi connectivity index (χ1) is 10.5. The number of nitrogens with one attached hydrogen (secondary N) is 3. The highest BCUT2D eigenvalue weighted by Crippen LogP contribution is 2.21. The summed E-state index contributed by atoms with van der Waals surface area (Å²) < 4.78 is 0. The van der Waals surface area contributed by atoms with E-state index in [2.05, 4.69) is 20.9 Å². The third-order valence-corrected chi connectivity index (χ3v) is 3.30. The third kappa shape index (κ3) is 3.53. The van der Waals surface area contributed by atoms with Gasteiger partial charge in [-0.1, -0.05) is 11.6 Å². The first-order valence-electron chi connectivity index (χ1n) is 6.52. The minimum absolute atomic E-state index is 0.299. The summed E-state index contributed by atoms with van der Waals surface area (Å²) in [5.41, 5.74) is 1.24. The van der Waals surface area contributed by atoms with Gasteiger partial charge in [0.25, 0.3) is 11.8 Å². The van der Waals surface area contributed by atoms with Gasteiger partial charge >= 0.3 is 0 Å². The molecule has 2 aromatic rings. The Morgan fingerprint density at radius 1 is 1.09 bits per heavy atom. The van der Waals surface area contributed by atoms with Crippen LogP contribution in [-0.2, 0) is 0 Å². The number of halogens is 1. The van der Waals surface area contributed by atoms with Gasteiger partial charge in [0.05, 0.1) is 10.6 Å². The summed E-state index contributed by atoms with van der Waals surface area (Å²) in [6, 6.07) is 7.95. The van der Waals surface area contributed by atoms with Gasteiger partial charge in [0, 0.05) is 31.5 Å². The van der Waals surface area contributed by atoms with Gasteiger partial charge in [-0.2, -0.15) is 0 Å². The normalized spacial score (nSPS) is 9.95. The van der Waals surface area contributed by atoms with Gasteiger partial charge in [0.1, 0.15) is 5.82 Å². The van der Waals surface area contributed by atoms with E-state index >= 15 is 0 Å². The molecule has 0 atom stereocenters. The first kappa shape index (κ1) is 15.8. The monoisotopic (exact) mass is 318 g/mol. The highest BCUT2D eigenvalue weighted by Gasteiger charge is 2.12. The summed E-state index contributed by atoms with van der Waals surface area (Å²) in [4.78, 5) is 28.0. The zero-order chi connectivity index (χ0) is 16.1. The van der Waals surface area contributed by atoms with Crippen LogP contribution in [0.1, 0.15) is 20.7 Å². The smallest absolute Gasteiger partial charge is 0.255 e. The number of nitrogens with zero attached hydrogens (tertiary/aromatic N) is 1. The van der Waals surface area contributed by atoms with E-state index in [0.29, 0.717) is 27.7 Å². The lowest BCUT2D eigenvalue weighted by Crippen LogP contribution is -2.19. The topological polar surface area (TPSA) is 83.1 Å². The van der Waals surface area contributed by atoms with E-state index in [1.807, 2.05) is 0 Å². The van der Waals surface area contributed by atoms with E-state index in [1.54, 1.807) is 37.5 Å². The second kappa shape index (κ2) is 6.91. The number of benzene rings is 1. The van der Waals surface area contributed by atoms with Gasteiger partial charge in [0.2, 0.25) is 0 Å². The molecule has 0 fully saturated rings. The molecule has 0 saturated carbocycles. The highest BCUT2D eigenvalue weighted by molar-refractivity contribution is 6.34. The van der Waals surface area contributed by atoms with Crippen molar-refractivity contribution in [2.75, 3.05) is 24.7 Å². The number of hydrogen-bond donors (Lipinski definition) is 3. The molecule has 1 heterocycles. The van der Waals surface area contributed by atoms with Crippen LogP contribution in [0, 0.1) is 0 Å². The first-order valence-corrected chi connectivity index (χ1v) is 6.89. The Kier molecular flexibility index (Phi) is 4.95. The van der Waals surface area contributed by atoms with E-state index in [-0.39, 0.29) is 11.8 Å². The number of pyridine rings is 1. The summed E-state index contributed by atoms with van der Waals surface area (Å²) in [7, 11) is 3.24. The van der Waals surface area contributed by atoms with Crippen molar-refractivity contribution in [2.45, 2.75) is 0 Å². The van der Waals surface area contributed by atoms with Crippen molar-refractivity contribution in [1.29, 1.82) is 0 Å². The van der Waals surface area contributed by atoms with Gasteiger partial charge in [-0.25, -0.2) is 4.98 Å². The van der Waals surface area contributed by atoms with Gasteiger partial charge < -0.3 is 16.0 Å². The van der Waals surface area contributed by atoms with E-state index < -0.39 is 0 Å². The number of rotatable bonds is 4. The lowest BCUT2D eigenvalue weighted by Gasteiger charge is -2.09. The molecule has 0 spiro atoms. The standard InChI is InChI=1S/C15H15ClN4O2/c1-17-13-7-9(5-6-19-13)14(21)20-10-3-4-12(16)11(8-10)15(22)18-2/h3-8H,1-2H3,(H,17,19)(H,18,22)(H,20,21). The Balaban J connectivity index is 2.23. The number of amides is 2. The van der Waals surface area contributed by atoms with Crippen molar-refractivity contribution in [3.05, 3.63) is 52.7 Å². The Hall–Kier alpha value is -2.60. The molecule has 0 bridgehead atoms. The SMILES string of the molecule is CNC(=O)c1cc(NC(=O)c2ccnc(NC)c2)ccc1Cl. The van der Waals surface area contributed by atoms with Crippen LogP contribution in [0.3, 0.4) is 0 Å². The molecule has 0 aliphatic heterocycles. The molecule has 1 aromatic heterocycles. The number of aromatic nitrogens is 1. The van der Waals surface area contributed by atoms with Crippen molar-refractivity contribution in [3.63, 3.8) is 0 Å². The molecule has 22 heavy (non-hydrogen) atoms. The number of anilines is 2. The maximum atomic E-state index is 12.2. The number of carbonyl (C=O) groups is 2. The zero-order valence-corrected chi connectivity index (χ0v) is 12.9. The molecule has 0 saturated heterocycles. The number of hydrogen-bond acceptors (Lipinski definition) is 4. The fraction of sp³-hybridized carbons (Fsp3) is 0.133. The molecule has 6 nitrogen and oxygen atoms in total. The maximum Gasteiger partial charge on any atom is 0.255 e. The minimum Gasteiger partial charge on any atom is -0.373 e. The van der Waals surface area contributed by atoms with E-state index in [0.717, 1.165) is 0 Å². The summed E-state index contributed by atoms with van der Waals surface area (Å²) >= 11 is 5.97. The summed E-state index contributed by atoms with van der Waals surface area (Å²) in [6.45, 7) is 0. The van der Waals surface area contributed by atoms with E-state index in [1.165, 1.54) is 13.1 Å². The molecular weight excluding hydrogens is 304 g/mol. The summed E-state index contributed by atoms with van der Waals surface area (Å²) in [5, 5.41) is 8.40. The van der Waals surface area contributed by atoms with E-state index in [4.69, 9.17) is 11.6 Å². The predicted molar refractivity (Wildman–Crippen MR) is 86.6 cm³/mol. The van der Waals surface area contributed by atoms with Crippen molar-refractivity contribution < 1.29 is 9.59 Å². The van der Waals surface area contributed by atoms with Crippen LogP contribution in [0.4, 0.5) is 11.5 Å². The van der Waals surface area contributed by atoms with Crippen molar-refractivity contribution in [3.8, 4) is 0 Å². The van der Waals surface area contributed by atoms with Crippen LogP contribution in [-0.4, -0.2) is 30.9 Å². The molecular formula is C15H15ClN4O2. The van der Waals surface area contributed by atoms with Crippen LogP contribution < -0.4 is 16.0 Å². The van der Waals surface area contributed by atoms with Gasteiger partial charge in [-0.15, -0.1) is 0 Å². The zero-order valence-electron chi connectivity index (χ0n) is 12.1. The third-order valence-electron chi connectivity index (χ3n) is 2.97. The average molecular weight is 319 g/mol. The van der Waals surface area contributed by atoms with Crippen molar-refractivity contribution in [1.82, 2.24) is 10.3 Å². The Bertz CT molecular complexity index is 718. The minimum atomic E-state index is -0.317. The fourth-order valence-electron chi connectivity index (χ4n) is 1.82.